The number of hydrogen-bond acceptors (Lipinski definition) is 3. The topological polar surface area (TPSA) is 50.7 Å². The van der Waals surface area contributed by atoms with E-state index in [1.807, 2.05) is 0 Å². The van der Waals surface area contributed by atoms with Crippen molar-refractivity contribution in [2.45, 2.75) is 32.5 Å². The zero-order valence-corrected chi connectivity index (χ0v) is 10.1. The van der Waals surface area contributed by atoms with Crippen LogP contribution < -0.4 is 5.32 Å². The van der Waals surface area contributed by atoms with E-state index < -0.39 is 17.9 Å². The molecule has 0 spiro atoms. The maximum Gasteiger partial charge on any atom is 0.413 e. The van der Waals surface area contributed by atoms with Gasteiger partial charge in [-0.3, -0.25) is 5.32 Å². The third kappa shape index (κ3) is 4.06. The van der Waals surface area contributed by atoms with Crippen molar-refractivity contribution < 1.29 is 13.9 Å². The molecule has 16 heavy (non-hydrogen) atoms. The van der Waals surface area contributed by atoms with Crippen LogP contribution in [0.5, 0.6) is 0 Å². The van der Waals surface area contributed by atoms with Crippen LogP contribution in [0.3, 0.4) is 0 Å². The fraction of sp³-hybridized carbons (Fsp3) is 0.500. The Morgan fingerprint density at radius 1 is 1.62 bits per heavy atom. The van der Waals surface area contributed by atoms with E-state index in [0.29, 0.717) is 0 Å². The number of alkyl halides is 1. The lowest BCUT2D eigenvalue weighted by molar-refractivity contribution is 0.0563. The predicted molar refractivity (Wildman–Crippen MR) is 63.4 cm³/mol. The third-order valence-electron chi connectivity index (χ3n) is 1.52. The summed E-state index contributed by atoms with van der Waals surface area (Å²) in [4.78, 5) is 14.9. The molecule has 1 N–H and O–H groups in total. The standard InChI is InChI=1S/C10H13FN2O2S/c1-10(2,3)15-9(14)13-7-5-4-6(11)8(16)12-7/h4-6H,1-3H3,(H,12,13,14,16). The molecule has 0 saturated carbocycles. The average Bonchev–Trinajstić information content (AvgIpc) is 2.08. The van der Waals surface area contributed by atoms with E-state index in [-0.39, 0.29) is 10.8 Å². The minimum absolute atomic E-state index is 0.103. The number of amides is 1. The molecule has 1 rings (SSSR count). The molecule has 4 nitrogen and oxygen atoms in total. The van der Waals surface area contributed by atoms with Crippen molar-refractivity contribution in [1.82, 2.24) is 5.32 Å². The lowest BCUT2D eigenvalue weighted by Crippen LogP contribution is -2.37. The second kappa shape index (κ2) is 4.69. The van der Waals surface area contributed by atoms with Gasteiger partial charge in [-0.05, 0) is 32.9 Å². The molecule has 6 heteroatoms. The summed E-state index contributed by atoms with van der Waals surface area (Å²) in [6.45, 7) is 5.23. The number of carbonyl (C=O) groups is 1. The van der Waals surface area contributed by atoms with Gasteiger partial charge in [0.1, 0.15) is 16.4 Å². The number of hydrogen-bond donors (Lipinski definition) is 1. The van der Waals surface area contributed by atoms with Crippen LogP contribution in [0.15, 0.2) is 17.1 Å². The van der Waals surface area contributed by atoms with Gasteiger partial charge in [0.25, 0.3) is 0 Å². The quantitative estimate of drug-likeness (QED) is 0.664. The SMILES string of the molecule is CC(C)(C)OC(=O)NC1=NC(=S)C(F)C=C1. The van der Waals surface area contributed by atoms with Gasteiger partial charge in [0, 0.05) is 0 Å². The second-order valence-corrected chi connectivity index (χ2v) is 4.64. The maximum absolute atomic E-state index is 12.9. The van der Waals surface area contributed by atoms with Crippen molar-refractivity contribution in [3.8, 4) is 0 Å². The lowest BCUT2D eigenvalue weighted by Gasteiger charge is -2.20. The molecule has 1 unspecified atom stereocenters. The summed E-state index contributed by atoms with van der Waals surface area (Å²) in [5, 5.41) is 2.37. The number of thiocarbonyl (C=S) groups is 1. The first-order valence-electron chi connectivity index (χ1n) is 4.73. The molecule has 1 heterocycles. The Morgan fingerprint density at radius 2 is 2.25 bits per heavy atom. The Balaban J connectivity index is 2.57. The first-order valence-corrected chi connectivity index (χ1v) is 5.13. The van der Waals surface area contributed by atoms with Crippen LogP contribution in [0.1, 0.15) is 20.8 Å². The highest BCUT2D eigenvalue weighted by molar-refractivity contribution is 7.80. The van der Waals surface area contributed by atoms with E-state index >= 15 is 0 Å². The van der Waals surface area contributed by atoms with E-state index in [1.165, 1.54) is 12.2 Å². The Hall–Kier alpha value is -1.30. The Bertz CT molecular complexity index is 372. The molecular weight excluding hydrogens is 231 g/mol. The maximum atomic E-state index is 12.9. The highest BCUT2D eigenvalue weighted by atomic mass is 32.1. The highest BCUT2D eigenvalue weighted by Crippen LogP contribution is 2.08. The van der Waals surface area contributed by atoms with Gasteiger partial charge < -0.3 is 4.74 Å². The van der Waals surface area contributed by atoms with E-state index in [9.17, 15) is 9.18 Å². The van der Waals surface area contributed by atoms with Crippen LogP contribution in [0.2, 0.25) is 0 Å². The molecule has 1 aliphatic rings. The Kier molecular flexibility index (Phi) is 3.74. The van der Waals surface area contributed by atoms with Gasteiger partial charge >= 0.3 is 6.09 Å². The zero-order valence-electron chi connectivity index (χ0n) is 9.28. The van der Waals surface area contributed by atoms with E-state index in [4.69, 9.17) is 4.74 Å². The van der Waals surface area contributed by atoms with Crippen molar-refractivity contribution in [2.75, 3.05) is 0 Å². The van der Waals surface area contributed by atoms with Crippen LogP contribution in [-0.2, 0) is 4.74 Å². The van der Waals surface area contributed by atoms with E-state index in [1.54, 1.807) is 20.8 Å². The minimum Gasteiger partial charge on any atom is -0.444 e. The molecule has 88 valence electrons. The van der Waals surface area contributed by atoms with Gasteiger partial charge in [0.05, 0.1) is 0 Å². The van der Waals surface area contributed by atoms with Crippen LogP contribution in [-0.4, -0.2) is 28.7 Å². The first kappa shape index (κ1) is 12.8. The molecule has 0 aromatic carbocycles. The molecule has 1 atom stereocenters. The molecule has 0 aromatic heterocycles. The van der Waals surface area contributed by atoms with Gasteiger partial charge in [0.2, 0.25) is 0 Å². The van der Waals surface area contributed by atoms with Crippen molar-refractivity contribution in [1.29, 1.82) is 0 Å². The van der Waals surface area contributed by atoms with Gasteiger partial charge in [-0.25, -0.2) is 14.2 Å². The number of aliphatic imine (C=N–C) groups is 1. The van der Waals surface area contributed by atoms with Gasteiger partial charge in [-0.2, -0.15) is 0 Å². The number of rotatable bonds is 0. The summed E-state index contributed by atoms with van der Waals surface area (Å²) < 4.78 is 17.9. The summed E-state index contributed by atoms with van der Waals surface area (Å²) in [7, 11) is 0. The molecule has 0 aromatic rings. The Labute approximate surface area is 98.6 Å². The van der Waals surface area contributed by atoms with Crippen LogP contribution >= 0.6 is 12.2 Å². The number of dihydropyridines is 1. The number of alkyl carbamates (subject to hydrolysis) is 1. The molecule has 0 fully saturated rings. The molecule has 0 aliphatic carbocycles. The number of nitrogens with one attached hydrogen (secondary N) is 1. The van der Waals surface area contributed by atoms with Crippen LogP contribution in [0, 0.1) is 0 Å². The normalized spacial score (nSPS) is 20.4. The van der Waals surface area contributed by atoms with Gasteiger partial charge in [-0.15, -0.1) is 0 Å². The Morgan fingerprint density at radius 3 is 2.75 bits per heavy atom. The van der Waals surface area contributed by atoms with Crippen LogP contribution in [0.25, 0.3) is 0 Å². The fourth-order valence-electron chi connectivity index (χ4n) is 0.953. The monoisotopic (exact) mass is 244 g/mol. The summed E-state index contributed by atoms with van der Waals surface area (Å²) in [5.41, 5.74) is -0.591. The molecule has 1 amide bonds. The summed E-state index contributed by atoms with van der Waals surface area (Å²) in [6.07, 6.45) is 0.571. The molecule has 0 radical (unpaired) electrons. The predicted octanol–water partition coefficient (Wildman–Crippen LogP) is 2.14. The molecular formula is C10H13FN2O2S. The number of nitrogens with zero attached hydrogens (tertiary/aromatic N) is 1. The van der Waals surface area contributed by atoms with Gasteiger partial charge in [0.15, 0.2) is 6.17 Å². The van der Waals surface area contributed by atoms with Crippen molar-refractivity contribution in [2.24, 2.45) is 4.99 Å². The number of halogens is 1. The van der Waals surface area contributed by atoms with Crippen molar-refractivity contribution in [3.63, 3.8) is 0 Å². The number of carbonyl (C=O) groups excluding carboxylic acids is 1. The van der Waals surface area contributed by atoms with E-state index in [0.717, 1.165) is 0 Å². The largest absolute Gasteiger partial charge is 0.444 e. The minimum atomic E-state index is -1.36. The summed E-state index contributed by atoms with van der Waals surface area (Å²) in [6, 6.07) is 0. The summed E-state index contributed by atoms with van der Waals surface area (Å²) in [5.74, 6) is 0.188. The lowest BCUT2D eigenvalue weighted by atomic mass is 10.2. The molecule has 0 bridgehead atoms. The highest BCUT2D eigenvalue weighted by Gasteiger charge is 2.19. The fourth-order valence-corrected chi connectivity index (χ4v) is 1.13. The first-order chi connectivity index (χ1) is 7.28. The number of amidine groups is 1. The average molecular weight is 244 g/mol. The second-order valence-electron chi connectivity index (χ2n) is 4.22. The summed E-state index contributed by atoms with van der Waals surface area (Å²) >= 11 is 4.66. The van der Waals surface area contributed by atoms with Crippen molar-refractivity contribution in [3.05, 3.63) is 12.2 Å². The molecule has 1 aliphatic heterocycles. The smallest absolute Gasteiger partial charge is 0.413 e. The molecule has 0 saturated heterocycles. The van der Waals surface area contributed by atoms with Crippen molar-refractivity contribution >= 4 is 29.1 Å². The van der Waals surface area contributed by atoms with E-state index in [2.05, 4.69) is 22.5 Å². The van der Waals surface area contributed by atoms with Crippen LogP contribution in [0.4, 0.5) is 9.18 Å². The third-order valence-corrected chi connectivity index (χ3v) is 1.84. The number of ether oxygens (including phenoxy) is 1. The zero-order chi connectivity index (χ0) is 12.3. The van der Waals surface area contributed by atoms with Gasteiger partial charge in [-0.1, -0.05) is 12.2 Å².